The molecule has 0 radical (unpaired) electrons. The zero-order chi connectivity index (χ0) is 12.3. The third kappa shape index (κ3) is 3.03. The second-order valence-electron chi connectivity index (χ2n) is 3.35. The standard InChI is InChI=1S/C11H12F2N2OS/c1-2-16-7-3-4-8-9(5-7)17-11(15-8)14-6-10(12)13/h3-5,10H,2,6H2,1H3,(H,14,15). The van der Waals surface area contributed by atoms with Crippen LogP contribution < -0.4 is 10.1 Å². The number of hydrogen-bond donors (Lipinski definition) is 1. The molecule has 0 atom stereocenters. The van der Waals surface area contributed by atoms with Gasteiger partial charge in [-0.05, 0) is 25.1 Å². The van der Waals surface area contributed by atoms with Gasteiger partial charge in [0.1, 0.15) is 5.75 Å². The number of rotatable bonds is 5. The minimum atomic E-state index is -2.37. The van der Waals surface area contributed by atoms with Crippen molar-refractivity contribution in [3.8, 4) is 5.75 Å². The van der Waals surface area contributed by atoms with E-state index in [0.717, 1.165) is 16.0 Å². The molecule has 6 heteroatoms. The van der Waals surface area contributed by atoms with Gasteiger partial charge in [-0.1, -0.05) is 11.3 Å². The highest BCUT2D eigenvalue weighted by atomic mass is 32.1. The largest absolute Gasteiger partial charge is 0.494 e. The van der Waals surface area contributed by atoms with E-state index in [2.05, 4.69) is 10.3 Å². The lowest BCUT2D eigenvalue weighted by atomic mass is 10.3. The van der Waals surface area contributed by atoms with Crippen LogP contribution in [0.3, 0.4) is 0 Å². The summed E-state index contributed by atoms with van der Waals surface area (Å²) in [7, 11) is 0. The highest BCUT2D eigenvalue weighted by Crippen LogP contribution is 2.29. The molecular weight excluding hydrogens is 246 g/mol. The van der Waals surface area contributed by atoms with Crippen LogP contribution in [0.4, 0.5) is 13.9 Å². The van der Waals surface area contributed by atoms with Crippen molar-refractivity contribution in [2.24, 2.45) is 0 Å². The molecule has 1 N–H and O–H groups in total. The second-order valence-corrected chi connectivity index (χ2v) is 4.38. The molecule has 0 aliphatic heterocycles. The van der Waals surface area contributed by atoms with Crippen LogP contribution in [-0.4, -0.2) is 24.6 Å². The minimum absolute atomic E-state index is 0.377. The van der Waals surface area contributed by atoms with Gasteiger partial charge in [-0.25, -0.2) is 13.8 Å². The number of nitrogens with one attached hydrogen (secondary N) is 1. The maximum Gasteiger partial charge on any atom is 0.255 e. The maximum atomic E-state index is 12.0. The molecule has 0 bridgehead atoms. The molecule has 0 saturated heterocycles. The number of alkyl halides is 2. The number of nitrogens with zero attached hydrogens (tertiary/aromatic N) is 1. The van der Waals surface area contributed by atoms with E-state index >= 15 is 0 Å². The Bertz CT molecular complexity index is 501. The average Bonchev–Trinajstić information content (AvgIpc) is 2.69. The van der Waals surface area contributed by atoms with Crippen molar-refractivity contribution in [2.75, 3.05) is 18.5 Å². The Kier molecular flexibility index (Phi) is 3.73. The van der Waals surface area contributed by atoms with Gasteiger partial charge >= 0.3 is 0 Å². The SMILES string of the molecule is CCOc1ccc2nc(NCC(F)F)sc2c1. The lowest BCUT2D eigenvalue weighted by molar-refractivity contribution is 0.163. The summed E-state index contributed by atoms with van der Waals surface area (Å²) in [4.78, 5) is 4.20. The van der Waals surface area contributed by atoms with Crippen LogP contribution in [0.2, 0.25) is 0 Å². The van der Waals surface area contributed by atoms with Gasteiger partial charge in [0.15, 0.2) is 5.13 Å². The summed E-state index contributed by atoms with van der Waals surface area (Å²) in [6.07, 6.45) is -2.37. The Morgan fingerprint density at radius 2 is 2.29 bits per heavy atom. The van der Waals surface area contributed by atoms with E-state index < -0.39 is 6.43 Å². The van der Waals surface area contributed by atoms with Gasteiger partial charge in [-0.3, -0.25) is 0 Å². The smallest absolute Gasteiger partial charge is 0.255 e. The molecule has 0 amide bonds. The fourth-order valence-electron chi connectivity index (χ4n) is 1.40. The average molecular weight is 258 g/mol. The number of halogens is 2. The van der Waals surface area contributed by atoms with E-state index in [1.54, 1.807) is 0 Å². The predicted octanol–water partition coefficient (Wildman–Crippen LogP) is 3.37. The molecule has 2 rings (SSSR count). The van der Waals surface area contributed by atoms with Crippen LogP contribution >= 0.6 is 11.3 Å². The fourth-order valence-corrected chi connectivity index (χ4v) is 2.30. The van der Waals surface area contributed by atoms with E-state index in [0.29, 0.717) is 11.7 Å². The Morgan fingerprint density at radius 3 is 3.00 bits per heavy atom. The Morgan fingerprint density at radius 1 is 1.47 bits per heavy atom. The molecule has 1 aromatic heterocycles. The van der Waals surface area contributed by atoms with Crippen molar-refractivity contribution in [1.82, 2.24) is 4.98 Å². The lowest BCUT2D eigenvalue weighted by Crippen LogP contribution is -2.09. The molecule has 3 nitrogen and oxygen atoms in total. The number of fused-ring (bicyclic) bond motifs is 1. The third-order valence-corrected chi connectivity index (χ3v) is 3.05. The van der Waals surface area contributed by atoms with Gasteiger partial charge in [0.2, 0.25) is 0 Å². The summed E-state index contributed by atoms with van der Waals surface area (Å²) < 4.78 is 30.4. The van der Waals surface area contributed by atoms with Crippen molar-refractivity contribution in [3.05, 3.63) is 18.2 Å². The number of aromatic nitrogens is 1. The summed E-state index contributed by atoms with van der Waals surface area (Å²) >= 11 is 1.34. The summed E-state index contributed by atoms with van der Waals surface area (Å²) in [6.45, 7) is 2.13. The Hall–Kier alpha value is -1.43. The van der Waals surface area contributed by atoms with E-state index in [1.807, 2.05) is 25.1 Å². The summed E-state index contributed by atoms with van der Waals surface area (Å²) in [5.74, 6) is 0.768. The summed E-state index contributed by atoms with van der Waals surface area (Å²) in [5, 5.41) is 3.11. The first-order valence-corrected chi connectivity index (χ1v) is 6.06. The van der Waals surface area contributed by atoms with Gasteiger partial charge in [-0.15, -0.1) is 0 Å². The van der Waals surface area contributed by atoms with Crippen LogP contribution in [0.5, 0.6) is 5.75 Å². The molecular formula is C11H12F2N2OS. The highest BCUT2D eigenvalue weighted by molar-refractivity contribution is 7.22. The molecule has 0 aliphatic carbocycles. The predicted molar refractivity (Wildman–Crippen MR) is 65.3 cm³/mol. The zero-order valence-electron chi connectivity index (χ0n) is 9.24. The van der Waals surface area contributed by atoms with Crippen molar-refractivity contribution >= 4 is 26.7 Å². The normalized spacial score (nSPS) is 11.1. The molecule has 0 fully saturated rings. The Labute approximate surface area is 101 Å². The number of hydrogen-bond acceptors (Lipinski definition) is 4. The van der Waals surface area contributed by atoms with Crippen LogP contribution in [0.1, 0.15) is 6.92 Å². The minimum Gasteiger partial charge on any atom is -0.494 e. The lowest BCUT2D eigenvalue weighted by Gasteiger charge is -2.00. The number of anilines is 1. The van der Waals surface area contributed by atoms with Crippen LogP contribution in [0.15, 0.2) is 18.2 Å². The van der Waals surface area contributed by atoms with Crippen molar-refractivity contribution in [3.63, 3.8) is 0 Å². The van der Waals surface area contributed by atoms with Gasteiger partial charge in [0.25, 0.3) is 6.43 Å². The van der Waals surface area contributed by atoms with Gasteiger partial charge in [-0.2, -0.15) is 0 Å². The van der Waals surface area contributed by atoms with Crippen molar-refractivity contribution in [2.45, 2.75) is 13.3 Å². The number of thiazole rings is 1. The number of benzene rings is 1. The second kappa shape index (κ2) is 5.27. The third-order valence-electron chi connectivity index (χ3n) is 2.08. The number of ether oxygens (including phenoxy) is 1. The highest BCUT2D eigenvalue weighted by Gasteiger charge is 2.07. The van der Waals surface area contributed by atoms with E-state index in [1.165, 1.54) is 11.3 Å². The first-order chi connectivity index (χ1) is 8.19. The maximum absolute atomic E-state index is 12.0. The molecule has 92 valence electrons. The molecule has 1 heterocycles. The molecule has 17 heavy (non-hydrogen) atoms. The quantitative estimate of drug-likeness (QED) is 0.892. The van der Waals surface area contributed by atoms with Crippen molar-refractivity contribution < 1.29 is 13.5 Å². The molecule has 2 aromatic rings. The summed E-state index contributed by atoms with van der Waals surface area (Å²) in [6, 6.07) is 5.51. The molecule has 0 aliphatic rings. The monoisotopic (exact) mass is 258 g/mol. The fraction of sp³-hybridized carbons (Fsp3) is 0.364. The van der Waals surface area contributed by atoms with Gasteiger partial charge in [0, 0.05) is 0 Å². The zero-order valence-corrected chi connectivity index (χ0v) is 10.1. The molecule has 1 aromatic carbocycles. The topological polar surface area (TPSA) is 34.1 Å². The van der Waals surface area contributed by atoms with E-state index in [4.69, 9.17) is 4.74 Å². The molecule has 0 saturated carbocycles. The van der Waals surface area contributed by atoms with Crippen LogP contribution in [0, 0.1) is 0 Å². The first kappa shape index (κ1) is 12.0. The van der Waals surface area contributed by atoms with Gasteiger partial charge < -0.3 is 10.1 Å². The molecule has 0 spiro atoms. The van der Waals surface area contributed by atoms with E-state index in [9.17, 15) is 8.78 Å². The van der Waals surface area contributed by atoms with E-state index in [-0.39, 0.29) is 6.54 Å². The Balaban J connectivity index is 2.18. The first-order valence-electron chi connectivity index (χ1n) is 5.24. The van der Waals surface area contributed by atoms with Gasteiger partial charge in [0.05, 0.1) is 23.4 Å². The summed E-state index contributed by atoms with van der Waals surface area (Å²) in [5.41, 5.74) is 0.787. The molecule has 0 unspecified atom stereocenters. The van der Waals surface area contributed by atoms with Crippen molar-refractivity contribution in [1.29, 1.82) is 0 Å². The van der Waals surface area contributed by atoms with Crippen LogP contribution in [0.25, 0.3) is 10.2 Å². The van der Waals surface area contributed by atoms with Crippen LogP contribution in [-0.2, 0) is 0 Å².